The summed E-state index contributed by atoms with van der Waals surface area (Å²) in [4.78, 5) is 12.2. The molecule has 5 heteroatoms. The van der Waals surface area contributed by atoms with Gasteiger partial charge in [-0.25, -0.2) is 4.39 Å². The fourth-order valence-corrected chi connectivity index (χ4v) is 2.11. The third-order valence-corrected chi connectivity index (χ3v) is 3.32. The minimum absolute atomic E-state index is 0.0917. The number of amides is 1. The van der Waals surface area contributed by atoms with E-state index in [0.717, 1.165) is 5.56 Å². The molecule has 22 heavy (non-hydrogen) atoms. The van der Waals surface area contributed by atoms with E-state index in [1.165, 1.54) is 30.3 Å². The van der Waals surface area contributed by atoms with Crippen LogP contribution in [0.3, 0.4) is 0 Å². The fraction of sp³-hybridized carbons (Fsp3) is 0.0588. The van der Waals surface area contributed by atoms with Crippen molar-refractivity contribution in [1.82, 2.24) is 0 Å². The molecule has 0 spiro atoms. The topological polar surface area (TPSA) is 52.9 Å². The largest absolute Gasteiger partial charge is 0.320 e. The minimum atomic E-state index is -0.567. The highest BCUT2D eigenvalue weighted by Crippen LogP contribution is 2.25. The molecular weight excluding hydrogens is 303 g/mol. The number of rotatable bonds is 3. The van der Waals surface area contributed by atoms with E-state index < -0.39 is 5.91 Å². The van der Waals surface area contributed by atoms with E-state index in [9.17, 15) is 9.18 Å². The number of nitriles is 1. The van der Waals surface area contributed by atoms with Gasteiger partial charge in [0.25, 0.3) is 5.91 Å². The van der Waals surface area contributed by atoms with E-state index in [1.54, 1.807) is 25.1 Å². The number of nitrogens with zero attached hydrogens (tertiary/aromatic N) is 1. The van der Waals surface area contributed by atoms with E-state index >= 15 is 0 Å². The molecule has 0 heterocycles. The molecule has 2 aromatic carbocycles. The molecular formula is C17H12ClFN2O. The van der Waals surface area contributed by atoms with Crippen LogP contribution in [0.5, 0.6) is 0 Å². The lowest BCUT2D eigenvalue weighted by atomic mass is 10.1. The van der Waals surface area contributed by atoms with E-state index in [-0.39, 0.29) is 11.4 Å². The molecule has 0 aromatic heterocycles. The number of halogens is 2. The number of hydrogen-bond donors (Lipinski definition) is 1. The van der Waals surface area contributed by atoms with Crippen molar-refractivity contribution in [3.05, 3.63) is 70.0 Å². The van der Waals surface area contributed by atoms with Crippen LogP contribution in [-0.4, -0.2) is 5.91 Å². The normalized spacial score (nSPS) is 10.9. The van der Waals surface area contributed by atoms with E-state index in [4.69, 9.17) is 16.9 Å². The summed E-state index contributed by atoms with van der Waals surface area (Å²) in [5.74, 6) is -0.949. The third kappa shape index (κ3) is 3.72. The SMILES string of the molecule is Cc1cccc(Cl)c1NC(=O)/C(C#N)=C/c1ccc(F)cc1. The van der Waals surface area contributed by atoms with Crippen molar-refractivity contribution >= 4 is 29.3 Å². The standard InChI is InChI=1S/C17H12ClFN2O/c1-11-3-2-4-15(18)16(11)21-17(22)13(10-20)9-12-5-7-14(19)8-6-12/h2-9H,1H3,(H,21,22)/b13-9+. The Labute approximate surface area is 132 Å². The number of nitrogens with one attached hydrogen (secondary N) is 1. The predicted octanol–water partition coefficient (Wildman–Crippen LogP) is 4.33. The zero-order valence-electron chi connectivity index (χ0n) is 11.7. The molecule has 0 radical (unpaired) electrons. The summed E-state index contributed by atoms with van der Waals surface area (Å²) >= 11 is 6.04. The van der Waals surface area contributed by atoms with E-state index in [2.05, 4.69) is 5.32 Å². The summed E-state index contributed by atoms with van der Waals surface area (Å²) in [6.07, 6.45) is 1.39. The molecule has 0 aliphatic heterocycles. The minimum Gasteiger partial charge on any atom is -0.320 e. The van der Waals surface area contributed by atoms with Crippen LogP contribution in [0, 0.1) is 24.1 Å². The summed E-state index contributed by atoms with van der Waals surface area (Å²) in [6.45, 7) is 1.80. The summed E-state index contributed by atoms with van der Waals surface area (Å²) in [7, 11) is 0. The average molecular weight is 315 g/mol. The van der Waals surface area contributed by atoms with Crippen molar-refractivity contribution in [3.63, 3.8) is 0 Å². The summed E-state index contributed by atoms with van der Waals surface area (Å²) in [6, 6.07) is 12.6. The smallest absolute Gasteiger partial charge is 0.266 e. The van der Waals surface area contributed by atoms with Gasteiger partial charge in [-0.2, -0.15) is 5.26 Å². The lowest BCUT2D eigenvalue weighted by Gasteiger charge is -2.09. The predicted molar refractivity (Wildman–Crippen MR) is 84.8 cm³/mol. The number of benzene rings is 2. The average Bonchev–Trinajstić information content (AvgIpc) is 2.50. The first kappa shape index (κ1) is 15.7. The first-order valence-electron chi connectivity index (χ1n) is 6.45. The highest BCUT2D eigenvalue weighted by molar-refractivity contribution is 6.34. The molecule has 0 saturated heterocycles. The van der Waals surface area contributed by atoms with Gasteiger partial charge in [0, 0.05) is 0 Å². The molecule has 1 N–H and O–H groups in total. The molecule has 0 saturated carbocycles. The van der Waals surface area contributed by atoms with Crippen LogP contribution in [-0.2, 0) is 4.79 Å². The van der Waals surface area contributed by atoms with Crippen molar-refractivity contribution in [1.29, 1.82) is 5.26 Å². The second kappa shape index (κ2) is 6.88. The molecule has 0 unspecified atom stereocenters. The maximum Gasteiger partial charge on any atom is 0.266 e. The Morgan fingerprint density at radius 2 is 1.95 bits per heavy atom. The zero-order chi connectivity index (χ0) is 16.1. The van der Waals surface area contributed by atoms with Gasteiger partial charge in [-0.3, -0.25) is 4.79 Å². The Morgan fingerprint density at radius 1 is 1.27 bits per heavy atom. The Balaban J connectivity index is 2.26. The monoisotopic (exact) mass is 314 g/mol. The van der Waals surface area contributed by atoms with Gasteiger partial charge in [-0.1, -0.05) is 35.9 Å². The molecule has 1 amide bonds. The van der Waals surface area contributed by atoms with Gasteiger partial charge < -0.3 is 5.32 Å². The van der Waals surface area contributed by atoms with E-state index in [1.807, 2.05) is 6.07 Å². The molecule has 3 nitrogen and oxygen atoms in total. The molecule has 2 aromatic rings. The van der Waals surface area contributed by atoms with Gasteiger partial charge >= 0.3 is 0 Å². The van der Waals surface area contributed by atoms with Crippen LogP contribution in [0.2, 0.25) is 5.02 Å². The highest BCUT2D eigenvalue weighted by atomic mass is 35.5. The lowest BCUT2D eigenvalue weighted by molar-refractivity contribution is -0.112. The number of carbonyl (C=O) groups is 1. The number of para-hydroxylation sites is 1. The van der Waals surface area contributed by atoms with E-state index in [0.29, 0.717) is 16.3 Å². The first-order chi connectivity index (χ1) is 10.5. The number of carbonyl (C=O) groups excluding carboxylic acids is 1. The summed E-state index contributed by atoms with van der Waals surface area (Å²) < 4.78 is 12.9. The van der Waals surface area contributed by atoms with Crippen molar-refractivity contribution in [2.24, 2.45) is 0 Å². The highest BCUT2D eigenvalue weighted by Gasteiger charge is 2.12. The Hall–Kier alpha value is -2.64. The van der Waals surface area contributed by atoms with Crippen molar-refractivity contribution < 1.29 is 9.18 Å². The third-order valence-electron chi connectivity index (χ3n) is 3.01. The molecule has 0 aliphatic rings. The number of hydrogen-bond acceptors (Lipinski definition) is 2. The van der Waals surface area contributed by atoms with Crippen molar-refractivity contribution in [2.75, 3.05) is 5.32 Å². The van der Waals surface area contributed by atoms with Crippen molar-refractivity contribution in [2.45, 2.75) is 6.92 Å². The maximum absolute atomic E-state index is 12.9. The van der Waals surface area contributed by atoms with Gasteiger partial charge in [0.05, 0.1) is 10.7 Å². The lowest BCUT2D eigenvalue weighted by Crippen LogP contribution is -2.14. The van der Waals surface area contributed by atoms with Gasteiger partial charge in [-0.15, -0.1) is 0 Å². The van der Waals surface area contributed by atoms with Crippen LogP contribution in [0.15, 0.2) is 48.0 Å². The Bertz CT molecular complexity index is 756. The second-order valence-corrected chi connectivity index (χ2v) is 5.01. The molecule has 110 valence electrons. The number of aryl methyl sites for hydroxylation is 1. The fourth-order valence-electron chi connectivity index (χ4n) is 1.85. The molecule has 2 rings (SSSR count). The molecule has 0 fully saturated rings. The quantitative estimate of drug-likeness (QED) is 0.677. The summed E-state index contributed by atoms with van der Waals surface area (Å²) in [5.41, 5.74) is 1.73. The Morgan fingerprint density at radius 3 is 2.55 bits per heavy atom. The Kier molecular flexibility index (Phi) is 4.92. The molecule has 0 bridgehead atoms. The van der Waals surface area contributed by atoms with Crippen LogP contribution < -0.4 is 5.32 Å². The second-order valence-electron chi connectivity index (χ2n) is 4.61. The molecule has 0 aliphatic carbocycles. The maximum atomic E-state index is 12.9. The molecule has 0 atom stereocenters. The van der Waals surface area contributed by atoms with Gasteiger partial charge in [0.15, 0.2) is 0 Å². The number of anilines is 1. The zero-order valence-corrected chi connectivity index (χ0v) is 12.5. The van der Waals surface area contributed by atoms with Crippen LogP contribution in [0.1, 0.15) is 11.1 Å². The van der Waals surface area contributed by atoms with Crippen molar-refractivity contribution in [3.8, 4) is 6.07 Å². The van der Waals surface area contributed by atoms with Gasteiger partial charge in [0.1, 0.15) is 17.5 Å². The van der Waals surface area contributed by atoms with Crippen LogP contribution in [0.25, 0.3) is 6.08 Å². The van der Waals surface area contributed by atoms with Gasteiger partial charge in [-0.05, 0) is 42.3 Å². The van der Waals surface area contributed by atoms with Crippen LogP contribution in [0.4, 0.5) is 10.1 Å². The van der Waals surface area contributed by atoms with Crippen LogP contribution >= 0.6 is 11.6 Å². The van der Waals surface area contributed by atoms with Gasteiger partial charge in [0.2, 0.25) is 0 Å². The first-order valence-corrected chi connectivity index (χ1v) is 6.83. The summed E-state index contributed by atoms with van der Waals surface area (Å²) in [5, 5.41) is 12.2.